The number of nitrogens with one attached hydrogen (secondary N) is 1. The molecule has 12 heavy (non-hydrogen) atoms. The fourth-order valence-electron chi connectivity index (χ4n) is 0.693. The minimum Gasteiger partial charge on any atom is -0.325 e. The molecule has 0 aliphatic carbocycles. The van der Waals surface area contributed by atoms with Crippen LogP contribution in [0.15, 0.2) is 12.3 Å². The Morgan fingerprint density at radius 3 is 2.75 bits per heavy atom. The van der Waals surface area contributed by atoms with Crippen LogP contribution in [-0.2, 0) is 4.79 Å². The van der Waals surface area contributed by atoms with Gasteiger partial charge in [0.2, 0.25) is 11.9 Å². The monoisotopic (exact) mass is 172 g/mol. The van der Waals surface area contributed by atoms with E-state index in [-0.39, 0.29) is 11.6 Å². The topological polar surface area (TPSA) is 42.0 Å². The van der Waals surface area contributed by atoms with E-state index in [0.717, 1.165) is 12.3 Å². The molecular weight excluding hydrogens is 166 g/mol. The SMILES string of the molecule is CC(=O)Nc1cnc(F)c(F)c1. The standard InChI is InChI=1S/C7H6F2N2O/c1-4(12)11-5-2-6(8)7(9)10-3-5/h2-3H,1H3,(H,11,12). The summed E-state index contributed by atoms with van der Waals surface area (Å²) >= 11 is 0. The van der Waals surface area contributed by atoms with Crippen LogP contribution in [0.1, 0.15) is 6.92 Å². The van der Waals surface area contributed by atoms with Crippen LogP contribution in [0.25, 0.3) is 0 Å². The van der Waals surface area contributed by atoms with Gasteiger partial charge >= 0.3 is 0 Å². The molecule has 0 unspecified atom stereocenters. The highest BCUT2D eigenvalue weighted by Gasteiger charge is 2.03. The molecule has 0 spiro atoms. The highest BCUT2D eigenvalue weighted by atomic mass is 19.2. The Morgan fingerprint density at radius 2 is 2.25 bits per heavy atom. The second-order valence-electron chi connectivity index (χ2n) is 2.18. The number of pyridine rings is 1. The van der Waals surface area contributed by atoms with Crippen LogP contribution in [0.4, 0.5) is 14.5 Å². The van der Waals surface area contributed by atoms with Crippen LogP contribution in [0.3, 0.4) is 0 Å². The molecule has 1 amide bonds. The molecule has 5 heteroatoms. The molecule has 0 aromatic carbocycles. The lowest BCUT2D eigenvalue weighted by atomic mass is 10.4. The molecule has 1 aromatic rings. The molecule has 0 saturated carbocycles. The van der Waals surface area contributed by atoms with Crippen molar-refractivity contribution < 1.29 is 13.6 Å². The van der Waals surface area contributed by atoms with E-state index >= 15 is 0 Å². The summed E-state index contributed by atoms with van der Waals surface area (Å²) in [5, 5.41) is 2.26. The minimum atomic E-state index is -1.18. The number of hydrogen-bond acceptors (Lipinski definition) is 2. The van der Waals surface area contributed by atoms with Crippen molar-refractivity contribution in [2.24, 2.45) is 0 Å². The minimum absolute atomic E-state index is 0.140. The molecule has 1 aromatic heterocycles. The number of rotatable bonds is 1. The summed E-state index contributed by atoms with van der Waals surface area (Å²) in [6.45, 7) is 1.27. The zero-order valence-corrected chi connectivity index (χ0v) is 6.27. The average molecular weight is 172 g/mol. The van der Waals surface area contributed by atoms with Gasteiger partial charge in [0, 0.05) is 13.0 Å². The normalized spacial score (nSPS) is 9.58. The average Bonchev–Trinajstić information content (AvgIpc) is 1.96. The van der Waals surface area contributed by atoms with Crippen molar-refractivity contribution in [3.63, 3.8) is 0 Å². The first-order valence-corrected chi connectivity index (χ1v) is 3.18. The van der Waals surface area contributed by atoms with Crippen LogP contribution in [-0.4, -0.2) is 10.9 Å². The van der Waals surface area contributed by atoms with E-state index < -0.39 is 11.8 Å². The Balaban J connectivity index is 2.89. The molecule has 0 fully saturated rings. The van der Waals surface area contributed by atoms with Gasteiger partial charge < -0.3 is 5.32 Å². The molecule has 0 aliphatic rings. The highest BCUT2D eigenvalue weighted by Crippen LogP contribution is 2.09. The van der Waals surface area contributed by atoms with E-state index in [0.29, 0.717) is 0 Å². The Kier molecular flexibility index (Phi) is 2.32. The van der Waals surface area contributed by atoms with E-state index in [2.05, 4.69) is 10.3 Å². The third kappa shape index (κ3) is 1.98. The third-order valence-electron chi connectivity index (χ3n) is 1.12. The van der Waals surface area contributed by atoms with Crippen LogP contribution < -0.4 is 5.32 Å². The van der Waals surface area contributed by atoms with Gasteiger partial charge in [-0.2, -0.15) is 4.39 Å². The van der Waals surface area contributed by atoms with E-state index in [1.807, 2.05) is 0 Å². The molecular formula is C7H6F2N2O. The lowest BCUT2D eigenvalue weighted by molar-refractivity contribution is -0.114. The van der Waals surface area contributed by atoms with E-state index in [4.69, 9.17) is 0 Å². The van der Waals surface area contributed by atoms with Gasteiger partial charge in [0.1, 0.15) is 0 Å². The summed E-state index contributed by atoms with van der Waals surface area (Å²) in [5.74, 6) is -2.62. The van der Waals surface area contributed by atoms with Crippen molar-refractivity contribution in [3.8, 4) is 0 Å². The predicted octanol–water partition coefficient (Wildman–Crippen LogP) is 1.32. The first-order chi connectivity index (χ1) is 5.59. The van der Waals surface area contributed by atoms with Gasteiger partial charge in [-0.05, 0) is 0 Å². The maximum atomic E-state index is 12.4. The first kappa shape index (κ1) is 8.58. The molecule has 1 N–H and O–H groups in total. The zero-order chi connectivity index (χ0) is 9.14. The van der Waals surface area contributed by atoms with Crippen LogP contribution in [0, 0.1) is 11.8 Å². The number of carbonyl (C=O) groups is 1. The smallest absolute Gasteiger partial charge is 0.249 e. The molecule has 64 valence electrons. The van der Waals surface area contributed by atoms with Crippen molar-refractivity contribution >= 4 is 11.6 Å². The summed E-state index contributed by atoms with van der Waals surface area (Å²) in [6, 6.07) is 0.865. The molecule has 0 atom stereocenters. The van der Waals surface area contributed by atoms with Gasteiger partial charge in [-0.25, -0.2) is 9.37 Å². The summed E-state index contributed by atoms with van der Waals surface area (Å²) in [7, 11) is 0. The molecule has 1 heterocycles. The zero-order valence-electron chi connectivity index (χ0n) is 6.27. The Labute approximate surface area is 67.4 Å². The van der Waals surface area contributed by atoms with Crippen molar-refractivity contribution in [1.29, 1.82) is 0 Å². The number of aromatic nitrogens is 1. The van der Waals surface area contributed by atoms with Gasteiger partial charge in [-0.3, -0.25) is 4.79 Å². The van der Waals surface area contributed by atoms with E-state index in [1.165, 1.54) is 6.92 Å². The molecule has 0 aliphatic heterocycles. The van der Waals surface area contributed by atoms with E-state index in [9.17, 15) is 13.6 Å². The van der Waals surface area contributed by atoms with Crippen molar-refractivity contribution in [2.45, 2.75) is 6.92 Å². The molecule has 0 saturated heterocycles. The second-order valence-corrected chi connectivity index (χ2v) is 2.18. The lowest BCUT2D eigenvalue weighted by Gasteiger charge is -2.00. The third-order valence-corrected chi connectivity index (χ3v) is 1.12. The number of anilines is 1. The van der Waals surface area contributed by atoms with Gasteiger partial charge in [0.25, 0.3) is 0 Å². The number of halogens is 2. The Hall–Kier alpha value is -1.52. The summed E-state index contributed by atoms with van der Waals surface area (Å²) in [6.07, 6.45) is 1.04. The van der Waals surface area contributed by atoms with Crippen molar-refractivity contribution in [3.05, 3.63) is 24.0 Å². The molecule has 0 radical (unpaired) electrons. The fraction of sp³-hybridized carbons (Fsp3) is 0.143. The molecule has 0 bridgehead atoms. The van der Waals surface area contributed by atoms with Gasteiger partial charge in [-0.15, -0.1) is 0 Å². The predicted molar refractivity (Wildman–Crippen MR) is 38.5 cm³/mol. The van der Waals surface area contributed by atoms with Gasteiger partial charge in [0.15, 0.2) is 5.82 Å². The number of hydrogen-bond donors (Lipinski definition) is 1. The number of carbonyl (C=O) groups excluding carboxylic acids is 1. The molecule has 1 rings (SSSR count). The maximum absolute atomic E-state index is 12.4. The summed E-state index contributed by atoms with van der Waals surface area (Å²) < 4.78 is 24.7. The van der Waals surface area contributed by atoms with Crippen LogP contribution >= 0.6 is 0 Å². The Bertz CT molecular complexity index is 314. The largest absolute Gasteiger partial charge is 0.325 e. The maximum Gasteiger partial charge on any atom is 0.249 e. The van der Waals surface area contributed by atoms with Gasteiger partial charge in [0.05, 0.1) is 11.9 Å². The quantitative estimate of drug-likeness (QED) is 0.649. The summed E-state index contributed by atoms with van der Waals surface area (Å²) in [5.41, 5.74) is 0.140. The summed E-state index contributed by atoms with van der Waals surface area (Å²) in [4.78, 5) is 13.5. The lowest BCUT2D eigenvalue weighted by Crippen LogP contribution is -2.06. The second kappa shape index (κ2) is 3.25. The fourth-order valence-corrected chi connectivity index (χ4v) is 0.693. The van der Waals surface area contributed by atoms with E-state index in [1.54, 1.807) is 0 Å². The number of amides is 1. The van der Waals surface area contributed by atoms with Gasteiger partial charge in [-0.1, -0.05) is 0 Å². The Morgan fingerprint density at radius 1 is 1.58 bits per heavy atom. The van der Waals surface area contributed by atoms with Crippen molar-refractivity contribution in [1.82, 2.24) is 4.98 Å². The molecule has 3 nitrogen and oxygen atoms in total. The van der Waals surface area contributed by atoms with Crippen molar-refractivity contribution in [2.75, 3.05) is 5.32 Å². The first-order valence-electron chi connectivity index (χ1n) is 3.18. The number of nitrogens with zero attached hydrogens (tertiary/aromatic N) is 1. The highest BCUT2D eigenvalue weighted by molar-refractivity contribution is 5.88. The van der Waals surface area contributed by atoms with Crippen LogP contribution in [0.2, 0.25) is 0 Å². The van der Waals surface area contributed by atoms with Crippen LogP contribution in [0.5, 0.6) is 0 Å².